The van der Waals surface area contributed by atoms with Gasteiger partial charge in [0.25, 0.3) is 0 Å². The van der Waals surface area contributed by atoms with E-state index in [1.165, 1.54) is 11.1 Å². The fourth-order valence-corrected chi connectivity index (χ4v) is 3.74. The first-order valence-electron chi connectivity index (χ1n) is 8.12. The van der Waals surface area contributed by atoms with Crippen LogP contribution in [0.5, 0.6) is 0 Å². The molecule has 0 radical (unpaired) electrons. The van der Waals surface area contributed by atoms with E-state index < -0.39 is 0 Å². The normalized spacial score (nSPS) is 17.2. The number of pyridine rings is 1. The van der Waals surface area contributed by atoms with Gasteiger partial charge in [0, 0.05) is 36.1 Å². The van der Waals surface area contributed by atoms with E-state index in [1.807, 2.05) is 30.3 Å². The third-order valence-electron chi connectivity index (χ3n) is 4.43. The summed E-state index contributed by atoms with van der Waals surface area (Å²) in [5, 5.41) is 5.47. The lowest BCUT2D eigenvalue weighted by Crippen LogP contribution is -2.26. The third-order valence-corrected chi connectivity index (χ3v) is 5.17. The third kappa shape index (κ3) is 2.70. The van der Waals surface area contributed by atoms with E-state index in [4.69, 9.17) is 4.74 Å². The molecule has 1 aliphatic heterocycles. The molecule has 124 valence electrons. The highest BCUT2D eigenvalue weighted by Crippen LogP contribution is 2.34. The predicted octanol–water partition coefficient (Wildman–Crippen LogP) is 3.46. The van der Waals surface area contributed by atoms with Crippen LogP contribution in [0, 0.1) is 0 Å². The summed E-state index contributed by atoms with van der Waals surface area (Å²) in [6, 6.07) is 6.62. The van der Waals surface area contributed by atoms with E-state index in [9.17, 15) is 0 Å². The zero-order chi connectivity index (χ0) is 16.5. The van der Waals surface area contributed by atoms with Gasteiger partial charge in [0.15, 0.2) is 0 Å². The standard InChI is InChI=1S/C18H20N4OS/c1-3-24-21-17-11-23-10-16-14(8-19-9-15(16)17)12-4-5-13-7-20-22(2)18(13)6-12/h4-9,17,21H,3,10-11H2,1-2H3. The van der Waals surface area contributed by atoms with Crippen LogP contribution >= 0.6 is 11.9 Å². The Hall–Kier alpha value is -1.89. The average molecular weight is 340 g/mol. The highest BCUT2D eigenvalue weighted by molar-refractivity contribution is 7.97. The molecule has 24 heavy (non-hydrogen) atoms. The maximum atomic E-state index is 5.84. The number of aromatic nitrogens is 3. The minimum absolute atomic E-state index is 0.187. The van der Waals surface area contributed by atoms with Crippen LogP contribution < -0.4 is 4.72 Å². The number of hydrogen-bond donors (Lipinski definition) is 1. The van der Waals surface area contributed by atoms with Gasteiger partial charge in [0.05, 0.1) is 31.0 Å². The van der Waals surface area contributed by atoms with Crippen molar-refractivity contribution in [3.63, 3.8) is 0 Å². The largest absolute Gasteiger partial charge is 0.375 e. The molecule has 1 unspecified atom stereocenters. The number of nitrogens with zero attached hydrogens (tertiary/aromatic N) is 3. The maximum Gasteiger partial charge on any atom is 0.0728 e. The van der Waals surface area contributed by atoms with Crippen LogP contribution in [-0.2, 0) is 18.4 Å². The van der Waals surface area contributed by atoms with Gasteiger partial charge < -0.3 is 4.74 Å². The monoisotopic (exact) mass is 340 g/mol. The molecule has 5 nitrogen and oxygen atoms in total. The summed E-state index contributed by atoms with van der Waals surface area (Å²) in [7, 11) is 1.97. The summed E-state index contributed by atoms with van der Waals surface area (Å²) >= 11 is 1.72. The van der Waals surface area contributed by atoms with E-state index in [1.54, 1.807) is 11.9 Å². The molecule has 1 atom stereocenters. The van der Waals surface area contributed by atoms with E-state index >= 15 is 0 Å². The minimum Gasteiger partial charge on any atom is -0.375 e. The molecule has 4 rings (SSSR count). The smallest absolute Gasteiger partial charge is 0.0728 e. The molecular formula is C18H20N4OS. The van der Waals surface area contributed by atoms with Crippen molar-refractivity contribution >= 4 is 22.9 Å². The Labute approximate surface area is 145 Å². The molecular weight excluding hydrogens is 320 g/mol. The summed E-state index contributed by atoms with van der Waals surface area (Å²) in [5.74, 6) is 1.02. The van der Waals surface area contributed by atoms with Gasteiger partial charge in [-0.25, -0.2) is 0 Å². The molecule has 6 heteroatoms. The Bertz CT molecular complexity index is 877. The van der Waals surface area contributed by atoms with E-state index in [0.717, 1.165) is 27.8 Å². The highest BCUT2D eigenvalue weighted by Gasteiger charge is 2.23. The first-order chi connectivity index (χ1) is 11.8. The second-order valence-electron chi connectivity index (χ2n) is 5.92. The van der Waals surface area contributed by atoms with Crippen LogP contribution in [0.25, 0.3) is 22.0 Å². The van der Waals surface area contributed by atoms with Crippen LogP contribution in [0.1, 0.15) is 24.1 Å². The number of hydrogen-bond acceptors (Lipinski definition) is 5. The van der Waals surface area contributed by atoms with Gasteiger partial charge >= 0.3 is 0 Å². The predicted molar refractivity (Wildman–Crippen MR) is 97.6 cm³/mol. The lowest BCUT2D eigenvalue weighted by atomic mass is 9.93. The molecule has 0 aliphatic carbocycles. The quantitative estimate of drug-likeness (QED) is 0.737. The molecule has 0 saturated heterocycles. The molecule has 1 aliphatic rings. The summed E-state index contributed by atoms with van der Waals surface area (Å²) in [5.41, 5.74) is 5.89. The summed E-state index contributed by atoms with van der Waals surface area (Å²) in [6.07, 6.45) is 5.80. The van der Waals surface area contributed by atoms with Crippen molar-refractivity contribution in [2.24, 2.45) is 7.05 Å². The Morgan fingerprint density at radius 3 is 3.12 bits per heavy atom. The SMILES string of the molecule is CCSNC1COCc2c(-c3ccc4cnn(C)c4c3)cncc21. The van der Waals surface area contributed by atoms with Crippen molar-refractivity contribution in [1.29, 1.82) is 0 Å². The van der Waals surface area contributed by atoms with Crippen molar-refractivity contribution in [3.8, 4) is 11.1 Å². The number of fused-ring (bicyclic) bond motifs is 2. The second kappa shape index (κ2) is 6.55. The number of aryl methyl sites for hydroxylation is 1. The zero-order valence-corrected chi connectivity index (χ0v) is 14.6. The van der Waals surface area contributed by atoms with Gasteiger partial charge in [-0.05, 0) is 22.8 Å². The van der Waals surface area contributed by atoms with Gasteiger partial charge in [0.1, 0.15) is 0 Å². The fraction of sp³-hybridized carbons (Fsp3) is 0.333. The van der Waals surface area contributed by atoms with Crippen LogP contribution in [0.3, 0.4) is 0 Å². The van der Waals surface area contributed by atoms with E-state index in [2.05, 4.69) is 39.9 Å². The molecule has 2 aromatic heterocycles. The van der Waals surface area contributed by atoms with E-state index in [-0.39, 0.29) is 6.04 Å². The lowest BCUT2D eigenvalue weighted by molar-refractivity contribution is 0.0892. The first kappa shape index (κ1) is 15.6. The zero-order valence-electron chi connectivity index (χ0n) is 13.8. The van der Waals surface area contributed by atoms with Crippen LogP contribution in [0.2, 0.25) is 0 Å². The summed E-state index contributed by atoms with van der Waals surface area (Å²) < 4.78 is 11.2. The maximum absolute atomic E-state index is 5.84. The molecule has 1 aromatic carbocycles. The van der Waals surface area contributed by atoms with Crippen LogP contribution in [0.15, 0.2) is 36.8 Å². The highest BCUT2D eigenvalue weighted by atomic mass is 32.2. The minimum atomic E-state index is 0.187. The van der Waals surface area contributed by atoms with Gasteiger partial charge in [-0.3, -0.25) is 14.4 Å². The summed E-state index contributed by atoms with van der Waals surface area (Å²) in [4.78, 5) is 4.50. The van der Waals surface area contributed by atoms with Crippen molar-refractivity contribution in [3.05, 3.63) is 47.9 Å². The number of nitrogens with one attached hydrogen (secondary N) is 1. The van der Waals surface area contributed by atoms with Gasteiger partial charge in [-0.1, -0.05) is 31.0 Å². The molecule has 0 saturated carbocycles. The lowest BCUT2D eigenvalue weighted by Gasteiger charge is -2.27. The molecule has 3 aromatic rings. The topological polar surface area (TPSA) is 52.0 Å². The number of rotatable bonds is 4. The average Bonchev–Trinajstić information content (AvgIpc) is 3.00. The van der Waals surface area contributed by atoms with E-state index in [0.29, 0.717) is 13.2 Å². The molecule has 3 heterocycles. The van der Waals surface area contributed by atoms with Gasteiger partial charge in [-0.15, -0.1) is 0 Å². The molecule has 1 N–H and O–H groups in total. The Morgan fingerprint density at radius 1 is 1.33 bits per heavy atom. The molecule has 0 fully saturated rings. The Morgan fingerprint density at radius 2 is 2.25 bits per heavy atom. The number of benzene rings is 1. The molecule has 0 bridgehead atoms. The molecule has 0 amide bonds. The summed E-state index contributed by atoms with van der Waals surface area (Å²) in [6.45, 7) is 3.46. The number of ether oxygens (including phenoxy) is 1. The van der Waals surface area contributed by atoms with Crippen LogP contribution in [0.4, 0.5) is 0 Å². The Balaban J connectivity index is 1.79. The van der Waals surface area contributed by atoms with Gasteiger partial charge in [-0.2, -0.15) is 5.10 Å². The Kier molecular flexibility index (Phi) is 4.26. The van der Waals surface area contributed by atoms with Crippen molar-refractivity contribution in [1.82, 2.24) is 19.5 Å². The first-order valence-corrected chi connectivity index (χ1v) is 9.10. The molecule has 0 spiro atoms. The van der Waals surface area contributed by atoms with Gasteiger partial charge in [0.2, 0.25) is 0 Å². The fourth-order valence-electron chi connectivity index (χ4n) is 3.18. The van der Waals surface area contributed by atoms with Crippen molar-refractivity contribution < 1.29 is 4.74 Å². The van der Waals surface area contributed by atoms with Crippen molar-refractivity contribution in [2.45, 2.75) is 19.6 Å². The second-order valence-corrected chi connectivity index (χ2v) is 7.02. The van der Waals surface area contributed by atoms with Crippen LogP contribution in [-0.4, -0.2) is 27.1 Å². The van der Waals surface area contributed by atoms with Crippen molar-refractivity contribution in [2.75, 3.05) is 12.4 Å².